The normalized spacial score (nSPS) is 16.5. The Morgan fingerprint density at radius 1 is 1.15 bits per heavy atom. The van der Waals surface area contributed by atoms with Gasteiger partial charge in [0.1, 0.15) is 5.75 Å². The van der Waals surface area contributed by atoms with Crippen molar-refractivity contribution in [2.75, 3.05) is 13.1 Å². The van der Waals surface area contributed by atoms with Gasteiger partial charge < -0.3 is 15.1 Å². The predicted molar refractivity (Wildman–Crippen MR) is 74.1 cm³/mol. The molecule has 1 aromatic rings. The number of carboxylic acid groups (broad SMARTS) is 1. The van der Waals surface area contributed by atoms with Crippen molar-refractivity contribution in [3.8, 4) is 5.75 Å². The van der Waals surface area contributed by atoms with Crippen molar-refractivity contribution in [3.05, 3.63) is 35.9 Å². The number of likely N-dealkylation sites (tertiary alicyclic amines) is 1. The topological polar surface area (TPSA) is 77.8 Å². The molecule has 1 aliphatic rings. The lowest BCUT2D eigenvalue weighted by atomic mass is 9.97. The average Bonchev–Trinajstić information content (AvgIpc) is 2.46. The van der Waals surface area contributed by atoms with Crippen molar-refractivity contribution in [1.29, 1.82) is 0 Å². The van der Waals surface area contributed by atoms with Crippen molar-refractivity contribution in [2.45, 2.75) is 12.8 Å². The molecule has 5 heteroatoms. The van der Waals surface area contributed by atoms with E-state index in [1.807, 2.05) is 0 Å². The Labute approximate surface area is 117 Å². The van der Waals surface area contributed by atoms with E-state index >= 15 is 0 Å². The summed E-state index contributed by atoms with van der Waals surface area (Å²) in [4.78, 5) is 24.5. The summed E-state index contributed by atoms with van der Waals surface area (Å²) in [5.74, 6) is -1.04. The first-order chi connectivity index (χ1) is 9.56. The lowest BCUT2D eigenvalue weighted by Crippen LogP contribution is -2.39. The Bertz CT molecular complexity index is 513. The van der Waals surface area contributed by atoms with E-state index in [2.05, 4.69) is 0 Å². The van der Waals surface area contributed by atoms with E-state index in [9.17, 15) is 9.59 Å². The van der Waals surface area contributed by atoms with Crippen LogP contribution in [0.25, 0.3) is 6.08 Å². The van der Waals surface area contributed by atoms with Crippen LogP contribution < -0.4 is 0 Å². The Balaban J connectivity index is 1.89. The fourth-order valence-electron chi connectivity index (χ4n) is 2.21. The third kappa shape index (κ3) is 3.60. The standard InChI is InChI=1S/C15H17NO4/c17-13-4-1-11(2-5-13)3-6-14(18)16-9-7-12(8-10-16)15(19)20/h1-6,12,17H,7-10H2,(H,19,20)/b6-3+. The minimum Gasteiger partial charge on any atom is -0.508 e. The Kier molecular flexibility index (Phi) is 4.40. The van der Waals surface area contributed by atoms with Crippen LogP contribution in [0.1, 0.15) is 18.4 Å². The Morgan fingerprint density at radius 3 is 2.30 bits per heavy atom. The summed E-state index contributed by atoms with van der Waals surface area (Å²) in [7, 11) is 0. The van der Waals surface area contributed by atoms with Crippen LogP contribution >= 0.6 is 0 Å². The Morgan fingerprint density at radius 2 is 1.75 bits per heavy atom. The fourth-order valence-corrected chi connectivity index (χ4v) is 2.21. The lowest BCUT2D eigenvalue weighted by Gasteiger charge is -2.29. The van der Waals surface area contributed by atoms with Crippen molar-refractivity contribution >= 4 is 18.0 Å². The van der Waals surface area contributed by atoms with Gasteiger partial charge in [0.25, 0.3) is 0 Å². The molecule has 1 aliphatic heterocycles. The molecule has 2 rings (SSSR count). The number of nitrogens with zero attached hydrogens (tertiary/aromatic N) is 1. The van der Waals surface area contributed by atoms with Gasteiger partial charge in [-0.05, 0) is 36.6 Å². The summed E-state index contributed by atoms with van der Waals surface area (Å²) in [6.45, 7) is 0.964. The summed E-state index contributed by atoms with van der Waals surface area (Å²) in [5.41, 5.74) is 0.830. The lowest BCUT2D eigenvalue weighted by molar-refractivity contribution is -0.144. The summed E-state index contributed by atoms with van der Waals surface area (Å²) in [6, 6.07) is 6.55. The van der Waals surface area contributed by atoms with Gasteiger partial charge in [-0.25, -0.2) is 0 Å². The van der Waals surface area contributed by atoms with Crippen LogP contribution in [0.2, 0.25) is 0 Å². The number of aliphatic carboxylic acids is 1. The number of carboxylic acids is 1. The largest absolute Gasteiger partial charge is 0.508 e. The van der Waals surface area contributed by atoms with E-state index in [0.717, 1.165) is 5.56 Å². The SMILES string of the molecule is O=C(O)C1CCN(C(=O)/C=C/c2ccc(O)cc2)CC1. The van der Waals surface area contributed by atoms with Crippen LogP contribution in [-0.2, 0) is 9.59 Å². The quantitative estimate of drug-likeness (QED) is 0.823. The van der Waals surface area contributed by atoms with Crippen LogP contribution in [0, 0.1) is 5.92 Å². The molecule has 0 spiro atoms. The summed E-state index contributed by atoms with van der Waals surface area (Å²) in [5, 5.41) is 18.1. The molecule has 0 bridgehead atoms. The zero-order valence-corrected chi connectivity index (χ0v) is 11.0. The van der Waals surface area contributed by atoms with Crippen molar-refractivity contribution in [2.24, 2.45) is 5.92 Å². The predicted octanol–water partition coefficient (Wildman–Crippen LogP) is 1.73. The average molecular weight is 275 g/mol. The molecule has 0 radical (unpaired) electrons. The number of aromatic hydroxyl groups is 1. The van der Waals surface area contributed by atoms with Crippen LogP contribution in [0.3, 0.4) is 0 Å². The summed E-state index contributed by atoms with van der Waals surface area (Å²) in [6.07, 6.45) is 4.18. The second-order valence-electron chi connectivity index (χ2n) is 4.86. The number of phenolic OH excluding ortho intramolecular Hbond substituents is 1. The van der Waals surface area contributed by atoms with E-state index in [4.69, 9.17) is 10.2 Å². The second kappa shape index (κ2) is 6.23. The monoisotopic (exact) mass is 275 g/mol. The van der Waals surface area contributed by atoms with E-state index in [0.29, 0.717) is 25.9 Å². The highest BCUT2D eigenvalue weighted by Crippen LogP contribution is 2.18. The third-order valence-corrected chi connectivity index (χ3v) is 3.47. The van der Waals surface area contributed by atoms with Gasteiger partial charge >= 0.3 is 5.97 Å². The van der Waals surface area contributed by atoms with Crippen LogP contribution in [0.5, 0.6) is 5.75 Å². The van der Waals surface area contributed by atoms with Gasteiger partial charge in [0.05, 0.1) is 5.92 Å². The number of hydrogen-bond acceptors (Lipinski definition) is 3. The van der Waals surface area contributed by atoms with Crippen molar-refractivity contribution in [1.82, 2.24) is 4.90 Å². The molecule has 20 heavy (non-hydrogen) atoms. The molecule has 0 atom stereocenters. The molecule has 0 saturated carbocycles. The third-order valence-electron chi connectivity index (χ3n) is 3.47. The smallest absolute Gasteiger partial charge is 0.306 e. The van der Waals surface area contributed by atoms with Crippen LogP contribution in [-0.4, -0.2) is 40.1 Å². The maximum absolute atomic E-state index is 12.0. The van der Waals surface area contributed by atoms with E-state index in [1.165, 1.54) is 6.08 Å². The van der Waals surface area contributed by atoms with Crippen molar-refractivity contribution < 1.29 is 19.8 Å². The maximum atomic E-state index is 12.0. The number of benzene rings is 1. The first-order valence-corrected chi connectivity index (χ1v) is 6.55. The first kappa shape index (κ1) is 14.1. The Hall–Kier alpha value is -2.30. The molecule has 1 fully saturated rings. The minimum absolute atomic E-state index is 0.109. The fraction of sp³-hybridized carbons (Fsp3) is 0.333. The van der Waals surface area contributed by atoms with Gasteiger partial charge in [0.15, 0.2) is 0 Å². The molecule has 1 saturated heterocycles. The number of hydrogen-bond donors (Lipinski definition) is 2. The van der Waals surface area contributed by atoms with Crippen LogP contribution in [0.15, 0.2) is 30.3 Å². The van der Waals surface area contributed by atoms with Gasteiger partial charge in [0, 0.05) is 19.2 Å². The zero-order valence-electron chi connectivity index (χ0n) is 11.0. The van der Waals surface area contributed by atoms with Crippen LogP contribution in [0.4, 0.5) is 0 Å². The molecular formula is C15H17NO4. The highest BCUT2D eigenvalue weighted by molar-refractivity contribution is 5.92. The van der Waals surface area contributed by atoms with Gasteiger partial charge in [-0.3, -0.25) is 9.59 Å². The summed E-state index contributed by atoms with van der Waals surface area (Å²) < 4.78 is 0. The van der Waals surface area contributed by atoms with Gasteiger partial charge in [0.2, 0.25) is 5.91 Å². The molecule has 0 aromatic heterocycles. The number of piperidine rings is 1. The van der Waals surface area contributed by atoms with E-state index in [1.54, 1.807) is 35.2 Å². The second-order valence-corrected chi connectivity index (χ2v) is 4.86. The number of amides is 1. The minimum atomic E-state index is -0.781. The van der Waals surface area contributed by atoms with Gasteiger partial charge in [-0.1, -0.05) is 12.1 Å². The number of phenols is 1. The molecule has 5 nitrogen and oxygen atoms in total. The highest BCUT2D eigenvalue weighted by Gasteiger charge is 2.25. The number of carbonyl (C=O) groups is 2. The molecule has 0 aliphatic carbocycles. The number of rotatable bonds is 3. The van der Waals surface area contributed by atoms with E-state index in [-0.39, 0.29) is 17.6 Å². The molecule has 1 aromatic carbocycles. The maximum Gasteiger partial charge on any atom is 0.306 e. The van der Waals surface area contributed by atoms with E-state index < -0.39 is 5.97 Å². The molecular weight excluding hydrogens is 258 g/mol. The van der Waals surface area contributed by atoms with Gasteiger partial charge in [-0.2, -0.15) is 0 Å². The van der Waals surface area contributed by atoms with Crippen molar-refractivity contribution in [3.63, 3.8) is 0 Å². The molecule has 0 unspecified atom stereocenters. The molecule has 2 N–H and O–H groups in total. The van der Waals surface area contributed by atoms with Gasteiger partial charge in [-0.15, -0.1) is 0 Å². The molecule has 1 amide bonds. The summed E-state index contributed by atoms with van der Waals surface area (Å²) >= 11 is 0. The molecule has 106 valence electrons. The molecule has 1 heterocycles. The zero-order chi connectivity index (χ0) is 14.5. The first-order valence-electron chi connectivity index (χ1n) is 6.55. The highest BCUT2D eigenvalue weighted by atomic mass is 16.4. The number of carbonyl (C=O) groups excluding carboxylic acids is 1.